The van der Waals surface area contributed by atoms with Gasteiger partial charge in [0.05, 0.1) is 19.4 Å². The summed E-state index contributed by atoms with van der Waals surface area (Å²) in [6, 6.07) is 21.3. The van der Waals surface area contributed by atoms with Crippen LogP contribution in [0.3, 0.4) is 0 Å². The van der Waals surface area contributed by atoms with E-state index >= 15 is 0 Å². The smallest absolute Gasteiger partial charge is 0.121 e. The van der Waals surface area contributed by atoms with Crippen LogP contribution in [0, 0.1) is 17.3 Å². The summed E-state index contributed by atoms with van der Waals surface area (Å²) in [6.45, 7) is 7.89. The largest absolute Gasteiger partial charge is 0.497 e. The Hall–Kier alpha value is -2.52. The van der Waals surface area contributed by atoms with Gasteiger partial charge in [0.25, 0.3) is 0 Å². The Morgan fingerprint density at radius 2 is 1.77 bits per heavy atom. The minimum Gasteiger partial charge on any atom is -0.497 e. The second-order valence-electron chi connectivity index (χ2n) is 10.1. The predicted molar refractivity (Wildman–Crippen MR) is 127 cm³/mol. The van der Waals surface area contributed by atoms with Crippen LogP contribution in [0.15, 0.2) is 60.7 Å². The molecule has 162 valence electrons. The van der Waals surface area contributed by atoms with Gasteiger partial charge in [-0.3, -0.25) is 10.3 Å². The second kappa shape index (κ2) is 7.56. The average Bonchev–Trinajstić information content (AvgIpc) is 3.28. The van der Waals surface area contributed by atoms with Gasteiger partial charge in [-0.1, -0.05) is 75.7 Å². The lowest BCUT2D eigenvalue weighted by atomic mass is 9.74. The zero-order chi connectivity index (χ0) is 21.6. The number of hydrogen-bond donors (Lipinski definition) is 1. The summed E-state index contributed by atoms with van der Waals surface area (Å²) in [5, 5.41) is 2.26. The Morgan fingerprint density at radius 1 is 1.00 bits per heavy atom. The molecule has 0 bridgehead atoms. The van der Waals surface area contributed by atoms with Crippen LogP contribution in [0.2, 0.25) is 0 Å². The number of methoxy groups -OCH3 is 1. The summed E-state index contributed by atoms with van der Waals surface area (Å²) >= 11 is 0. The average molecular weight is 416 g/mol. The van der Waals surface area contributed by atoms with E-state index in [0.717, 1.165) is 34.0 Å². The molecule has 0 aromatic heterocycles. The standard InChI is InChI=1S/C28H33NO2/c1-19-13-14-26-27(2,3)28(26,17-19)24-12-8-6-10-21(24)18-31-29-25-16-22(30-4)15-20-9-5-7-11-23(20)25/h5-12,15-16,19,26,29H,13-14,17-18H2,1-4H3. The van der Waals surface area contributed by atoms with Gasteiger partial charge in [-0.2, -0.15) is 0 Å². The molecule has 0 saturated heterocycles. The lowest BCUT2D eigenvalue weighted by Crippen LogP contribution is -2.24. The van der Waals surface area contributed by atoms with Gasteiger partial charge in [0.15, 0.2) is 0 Å². The number of fused-ring (bicyclic) bond motifs is 2. The molecule has 5 rings (SSSR count). The molecule has 31 heavy (non-hydrogen) atoms. The minimum absolute atomic E-state index is 0.299. The molecule has 3 nitrogen and oxygen atoms in total. The highest BCUT2D eigenvalue weighted by atomic mass is 16.6. The monoisotopic (exact) mass is 415 g/mol. The van der Waals surface area contributed by atoms with E-state index in [1.165, 1.54) is 30.4 Å². The third-order valence-corrected chi connectivity index (χ3v) is 8.13. The molecule has 3 heteroatoms. The van der Waals surface area contributed by atoms with Gasteiger partial charge in [0.2, 0.25) is 0 Å². The van der Waals surface area contributed by atoms with Crippen molar-refractivity contribution >= 4 is 16.5 Å². The summed E-state index contributed by atoms with van der Waals surface area (Å²) in [6.07, 6.45) is 3.99. The summed E-state index contributed by atoms with van der Waals surface area (Å²) < 4.78 is 5.48. The number of hydrogen-bond acceptors (Lipinski definition) is 3. The Morgan fingerprint density at radius 3 is 2.61 bits per heavy atom. The molecule has 0 spiro atoms. The van der Waals surface area contributed by atoms with Gasteiger partial charge in [0.1, 0.15) is 5.75 Å². The van der Waals surface area contributed by atoms with Gasteiger partial charge in [0, 0.05) is 16.9 Å². The molecule has 2 aliphatic rings. The molecule has 0 radical (unpaired) electrons. The van der Waals surface area contributed by atoms with Crippen LogP contribution in [-0.2, 0) is 16.9 Å². The van der Waals surface area contributed by atoms with Crippen molar-refractivity contribution in [1.29, 1.82) is 0 Å². The molecule has 1 N–H and O–H groups in total. The number of benzene rings is 3. The maximum Gasteiger partial charge on any atom is 0.121 e. The molecule has 3 atom stereocenters. The van der Waals surface area contributed by atoms with Crippen LogP contribution in [0.25, 0.3) is 10.8 Å². The second-order valence-corrected chi connectivity index (χ2v) is 10.1. The maximum atomic E-state index is 6.10. The lowest BCUT2D eigenvalue weighted by Gasteiger charge is -2.30. The van der Waals surface area contributed by atoms with Gasteiger partial charge in [-0.05, 0) is 52.7 Å². The first kappa shape index (κ1) is 20.4. The molecule has 3 aromatic carbocycles. The van der Waals surface area contributed by atoms with E-state index in [4.69, 9.17) is 9.57 Å². The van der Waals surface area contributed by atoms with Crippen LogP contribution in [0.4, 0.5) is 5.69 Å². The molecule has 0 amide bonds. The number of rotatable bonds is 6. The summed E-state index contributed by atoms with van der Waals surface area (Å²) in [4.78, 5) is 6.10. The Balaban J connectivity index is 1.40. The van der Waals surface area contributed by atoms with Crippen LogP contribution in [0.5, 0.6) is 5.75 Å². The van der Waals surface area contributed by atoms with Crippen molar-refractivity contribution in [3.8, 4) is 5.75 Å². The molecule has 0 heterocycles. The van der Waals surface area contributed by atoms with Gasteiger partial charge >= 0.3 is 0 Å². The van der Waals surface area contributed by atoms with E-state index < -0.39 is 0 Å². The quantitative estimate of drug-likeness (QED) is 0.435. The van der Waals surface area contributed by atoms with Crippen LogP contribution in [-0.4, -0.2) is 7.11 Å². The lowest BCUT2D eigenvalue weighted by molar-refractivity contribution is 0.178. The van der Waals surface area contributed by atoms with Gasteiger partial charge in [-0.15, -0.1) is 0 Å². The maximum absolute atomic E-state index is 6.10. The Labute approximate surface area is 185 Å². The predicted octanol–water partition coefficient (Wildman–Crippen LogP) is 7.11. The highest BCUT2D eigenvalue weighted by molar-refractivity contribution is 5.94. The van der Waals surface area contributed by atoms with Crippen LogP contribution in [0.1, 0.15) is 51.2 Å². The number of ether oxygens (including phenoxy) is 1. The van der Waals surface area contributed by atoms with Gasteiger partial charge in [-0.25, -0.2) is 0 Å². The highest BCUT2D eigenvalue weighted by Crippen LogP contribution is 2.76. The topological polar surface area (TPSA) is 30.5 Å². The van der Waals surface area contributed by atoms with Crippen molar-refractivity contribution in [3.05, 3.63) is 71.8 Å². The minimum atomic E-state index is 0.299. The van der Waals surface area contributed by atoms with Crippen molar-refractivity contribution < 1.29 is 9.57 Å². The molecular weight excluding hydrogens is 382 g/mol. The fourth-order valence-electron chi connectivity index (χ4n) is 6.48. The van der Waals surface area contributed by atoms with Crippen molar-refractivity contribution in [2.75, 3.05) is 12.6 Å². The molecule has 3 unspecified atom stereocenters. The summed E-state index contributed by atoms with van der Waals surface area (Å²) in [5.74, 6) is 2.39. The molecule has 0 aliphatic heterocycles. The van der Waals surface area contributed by atoms with Crippen molar-refractivity contribution in [3.63, 3.8) is 0 Å². The van der Waals surface area contributed by atoms with Crippen molar-refractivity contribution in [2.24, 2.45) is 17.3 Å². The zero-order valence-electron chi connectivity index (χ0n) is 19.1. The molecular formula is C28H33NO2. The molecule has 2 aliphatic carbocycles. The number of anilines is 1. The van der Waals surface area contributed by atoms with E-state index in [2.05, 4.69) is 68.7 Å². The number of nitrogens with one attached hydrogen (secondary N) is 1. The van der Waals surface area contributed by atoms with Crippen molar-refractivity contribution in [2.45, 2.75) is 52.1 Å². The third-order valence-electron chi connectivity index (χ3n) is 8.13. The van der Waals surface area contributed by atoms with E-state index in [9.17, 15) is 0 Å². The first-order valence-corrected chi connectivity index (χ1v) is 11.5. The van der Waals surface area contributed by atoms with Crippen LogP contribution >= 0.6 is 0 Å². The molecule has 2 saturated carbocycles. The summed E-state index contributed by atoms with van der Waals surface area (Å²) in [5.41, 5.74) is 7.61. The fraction of sp³-hybridized carbons (Fsp3) is 0.429. The normalized spacial score (nSPS) is 26.3. The highest BCUT2D eigenvalue weighted by Gasteiger charge is 2.72. The van der Waals surface area contributed by atoms with Crippen LogP contribution < -0.4 is 10.2 Å². The summed E-state index contributed by atoms with van der Waals surface area (Å²) in [7, 11) is 1.70. The third kappa shape index (κ3) is 3.22. The van der Waals surface area contributed by atoms with Crippen molar-refractivity contribution in [1.82, 2.24) is 0 Å². The molecule has 2 fully saturated rings. The fourth-order valence-corrected chi connectivity index (χ4v) is 6.48. The Bertz CT molecular complexity index is 1110. The van der Waals surface area contributed by atoms with E-state index in [1.807, 2.05) is 18.2 Å². The molecule has 3 aromatic rings. The van der Waals surface area contributed by atoms with Gasteiger partial charge < -0.3 is 4.74 Å². The van der Waals surface area contributed by atoms with E-state index in [1.54, 1.807) is 7.11 Å². The van der Waals surface area contributed by atoms with E-state index in [0.29, 0.717) is 17.4 Å². The Kier molecular flexibility index (Phi) is 4.97. The van der Waals surface area contributed by atoms with E-state index in [-0.39, 0.29) is 0 Å². The SMILES string of the molecule is COc1cc(NOCc2ccccc2C23CC(C)CCC2C3(C)C)c2ccccc2c1. The first-order valence-electron chi connectivity index (χ1n) is 11.5. The first-order chi connectivity index (χ1) is 15.0. The zero-order valence-corrected chi connectivity index (χ0v) is 19.1.